The minimum atomic E-state index is 0.777. The van der Waals surface area contributed by atoms with Gasteiger partial charge < -0.3 is 14.7 Å². The Hall–Kier alpha value is -1.10. The molecule has 0 amide bonds. The van der Waals surface area contributed by atoms with Crippen molar-refractivity contribution in [3.05, 3.63) is 5.89 Å². The molecule has 1 N–H and O–H groups in total. The molecule has 19 heavy (non-hydrogen) atoms. The topological polar surface area (TPSA) is 54.2 Å². The number of aromatic nitrogens is 2. The number of hydrogen-bond acceptors (Lipinski definition) is 5. The molecule has 2 aliphatic heterocycles. The Morgan fingerprint density at radius 1 is 1.21 bits per heavy atom. The van der Waals surface area contributed by atoms with Gasteiger partial charge in [-0.15, -0.1) is 0 Å². The molecular formula is C14H24N4O. The average molecular weight is 264 g/mol. The normalized spacial score (nSPS) is 24.6. The summed E-state index contributed by atoms with van der Waals surface area (Å²) in [5.74, 6) is 2.39. The van der Waals surface area contributed by atoms with Crippen LogP contribution in [0.15, 0.2) is 4.52 Å². The molecule has 3 rings (SSSR count). The summed E-state index contributed by atoms with van der Waals surface area (Å²) in [6.07, 6.45) is 8.54. The maximum atomic E-state index is 5.39. The molecule has 5 nitrogen and oxygen atoms in total. The SMILES string of the molecule is C1CCN(c2noc(CCC3CCCNC3)n2)CC1. The van der Waals surface area contributed by atoms with Crippen molar-refractivity contribution in [3.63, 3.8) is 0 Å². The predicted octanol–water partition coefficient (Wildman–Crippen LogP) is 1.99. The van der Waals surface area contributed by atoms with Crippen molar-refractivity contribution < 1.29 is 4.52 Å². The van der Waals surface area contributed by atoms with Crippen LogP contribution in [-0.2, 0) is 6.42 Å². The van der Waals surface area contributed by atoms with Crippen LogP contribution in [0.5, 0.6) is 0 Å². The van der Waals surface area contributed by atoms with Crippen LogP contribution < -0.4 is 10.2 Å². The number of rotatable bonds is 4. The van der Waals surface area contributed by atoms with Crippen LogP contribution in [-0.4, -0.2) is 36.3 Å². The summed E-state index contributed by atoms with van der Waals surface area (Å²) in [5, 5.41) is 7.58. The van der Waals surface area contributed by atoms with E-state index in [0.29, 0.717) is 0 Å². The molecular weight excluding hydrogens is 240 g/mol. The van der Waals surface area contributed by atoms with Crippen LogP contribution in [0.1, 0.15) is 44.4 Å². The summed E-state index contributed by atoms with van der Waals surface area (Å²) >= 11 is 0. The molecule has 0 aromatic carbocycles. The van der Waals surface area contributed by atoms with Crippen molar-refractivity contribution >= 4 is 5.95 Å². The van der Waals surface area contributed by atoms with Gasteiger partial charge >= 0.3 is 0 Å². The molecule has 0 aliphatic carbocycles. The number of hydrogen-bond donors (Lipinski definition) is 1. The second-order valence-corrected chi connectivity index (χ2v) is 5.79. The predicted molar refractivity (Wildman–Crippen MR) is 74.3 cm³/mol. The quantitative estimate of drug-likeness (QED) is 0.901. The van der Waals surface area contributed by atoms with Crippen molar-refractivity contribution in [1.29, 1.82) is 0 Å². The van der Waals surface area contributed by atoms with E-state index in [1.54, 1.807) is 0 Å². The summed E-state index contributed by atoms with van der Waals surface area (Å²) in [4.78, 5) is 6.79. The number of nitrogens with one attached hydrogen (secondary N) is 1. The standard InChI is InChI=1S/C14H24N4O/c1-2-9-18(10-3-1)14-16-13(19-17-14)7-6-12-5-4-8-15-11-12/h12,15H,1-11H2. The average Bonchev–Trinajstić information content (AvgIpc) is 2.96. The first-order chi connectivity index (χ1) is 9.42. The second-order valence-electron chi connectivity index (χ2n) is 5.79. The first kappa shape index (κ1) is 12.9. The fourth-order valence-corrected chi connectivity index (χ4v) is 3.07. The molecule has 1 aromatic rings. The Bertz CT molecular complexity index is 381. The van der Waals surface area contributed by atoms with Crippen LogP contribution in [0.4, 0.5) is 5.95 Å². The van der Waals surface area contributed by atoms with E-state index < -0.39 is 0 Å². The molecule has 0 radical (unpaired) electrons. The van der Waals surface area contributed by atoms with Gasteiger partial charge in [0.15, 0.2) is 0 Å². The van der Waals surface area contributed by atoms with E-state index >= 15 is 0 Å². The zero-order valence-corrected chi connectivity index (χ0v) is 11.6. The maximum Gasteiger partial charge on any atom is 0.266 e. The molecule has 1 unspecified atom stereocenters. The molecule has 0 spiro atoms. The van der Waals surface area contributed by atoms with Crippen molar-refractivity contribution in [3.8, 4) is 0 Å². The molecule has 2 fully saturated rings. The molecule has 0 bridgehead atoms. The van der Waals surface area contributed by atoms with Crippen LogP contribution in [0.25, 0.3) is 0 Å². The van der Waals surface area contributed by atoms with E-state index in [4.69, 9.17) is 4.52 Å². The highest BCUT2D eigenvalue weighted by Crippen LogP contribution is 2.19. The van der Waals surface area contributed by atoms with E-state index in [9.17, 15) is 0 Å². The molecule has 3 heterocycles. The Labute approximate surface area is 114 Å². The lowest BCUT2D eigenvalue weighted by Crippen LogP contribution is -2.30. The van der Waals surface area contributed by atoms with Crippen molar-refractivity contribution in [1.82, 2.24) is 15.5 Å². The van der Waals surface area contributed by atoms with Crippen molar-refractivity contribution in [2.75, 3.05) is 31.1 Å². The lowest BCUT2D eigenvalue weighted by atomic mass is 9.95. The number of nitrogens with zero attached hydrogens (tertiary/aromatic N) is 3. The fourth-order valence-electron chi connectivity index (χ4n) is 3.07. The van der Waals surface area contributed by atoms with Crippen molar-refractivity contribution in [2.45, 2.75) is 44.9 Å². The lowest BCUT2D eigenvalue weighted by Gasteiger charge is -2.24. The van der Waals surface area contributed by atoms with Crippen LogP contribution in [0, 0.1) is 5.92 Å². The van der Waals surface area contributed by atoms with Gasteiger partial charge in [-0.3, -0.25) is 0 Å². The van der Waals surface area contributed by atoms with E-state index in [1.807, 2.05) is 0 Å². The zero-order valence-electron chi connectivity index (χ0n) is 11.6. The third-order valence-corrected chi connectivity index (χ3v) is 4.26. The van der Waals surface area contributed by atoms with Gasteiger partial charge in [-0.2, -0.15) is 4.98 Å². The summed E-state index contributed by atoms with van der Waals surface area (Å²) in [7, 11) is 0. The van der Waals surface area contributed by atoms with Crippen LogP contribution >= 0.6 is 0 Å². The van der Waals surface area contributed by atoms with E-state index in [0.717, 1.165) is 50.2 Å². The minimum absolute atomic E-state index is 0.777. The third kappa shape index (κ3) is 3.47. The summed E-state index contributed by atoms with van der Waals surface area (Å²) < 4.78 is 5.39. The summed E-state index contributed by atoms with van der Waals surface area (Å²) in [6.45, 7) is 4.47. The lowest BCUT2D eigenvalue weighted by molar-refractivity contribution is 0.326. The number of aryl methyl sites for hydroxylation is 1. The number of anilines is 1. The molecule has 106 valence electrons. The molecule has 2 saturated heterocycles. The fraction of sp³-hybridized carbons (Fsp3) is 0.857. The maximum absolute atomic E-state index is 5.39. The Balaban J connectivity index is 1.49. The Morgan fingerprint density at radius 2 is 2.11 bits per heavy atom. The highest BCUT2D eigenvalue weighted by Gasteiger charge is 2.18. The van der Waals surface area contributed by atoms with Gasteiger partial charge in [-0.1, -0.05) is 0 Å². The van der Waals surface area contributed by atoms with E-state index in [2.05, 4.69) is 20.4 Å². The molecule has 1 aromatic heterocycles. The minimum Gasteiger partial charge on any atom is -0.338 e. The van der Waals surface area contributed by atoms with Crippen LogP contribution in [0.2, 0.25) is 0 Å². The highest BCUT2D eigenvalue weighted by atomic mass is 16.5. The Kier molecular flexibility index (Phi) is 4.33. The Morgan fingerprint density at radius 3 is 2.89 bits per heavy atom. The summed E-state index contributed by atoms with van der Waals surface area (Å²) in [6, 6.07) is 0. The van der Waals surface area contributed by atoms with Gasteiger partial charge in [0.2, 0.25) is 5.89 Å². The van der Waals surface area contributed by atoms with Crippen LogP contribution in [0.3, 0.4) is 0 Å². The first-order valence-electron chi connectivity index (χ1n) is 7.70. The third-order valence-electron chi connectivity index (χ3n) is 4.26. The van der Waals surface area contributed by atoms with Gasteiger partial charge in [0, 0.05) is 19.5 Å². The molecule has 5 heteroatoms. The smallest absolute Gasteiger partial charge is 0.266 e. The monoisotopic (exact) mass is 264 g/mol. The molecule has 1 atom stereocenters. The first-order valence-corrected chi connectivity index (χ1v) is 7.70. The van der Waals surface area contributed by atoms with Crippen molar-refractivity contribution in [2.24, 2.45) is 5.92 Å². The van der Waals surface area contributed by atoms with E-state index in [1.165, 1.54) is 38.6 Å². The van der Waals surface area contributed by atoms with E-state index in [-0.39, 0.29) is 0 Å². The molecule has 2 aliphatic rings. The van der Waals surface area contributed by atoms with Gasteiger partial charge in [0.1, 0.15) is 0 Å². The number of piperidine rings is 2. The largest absolute Gasteiger partial charge is 0.338 e. The van der Waals surface area contributed by atoms with Gasteiger partial charge in [-0.05, 0) is 62.7 Å². The van der Waals surface area contributed by atoms with Gasteiger partial charge in [-0.25, -0.2) is 0 Å². The van der Waals surface area contributed by atoms with Gasteiger partial charge in [0.05, 0.1) is 0 Å². The zero-order chi connectivity index (χ0) is 12.9. The highest BCUT2D eigenvalue weighted by molar-refractivity contribution is 5.27. The second kappa shape index (κ2) is 6.37. The molecule has 0 saturated carbocycles. The van der Waals surface area contributed by atoms with Gasteiger partial charge in [0.25, 0.3) is 5.95 Å². The summed E-state index contributed by atoms with van der Waals surface area (Å²) in [5.41, 5.74) is 0.